The zero-order valence-corrected chi connectivity index (χ0v) is 16.5. The first-order valence-corrected chi connectivity index (χ1v) is 10.5. The third kappa shape index (κ3) is 5.07. The van der Waals surface area contributed by atoms with Gasteiger partial charge in [-0.05, 0) is 62.8 Å². The Labute approximate surface area is 160 Å². The van der Waals surface area contributed by atoms with Gasteiger partial charge in [0, 0.05) is 17.0 Å². The molecule has 1 aliphatic rings. The average molecular weight is 373 g/mol. The van der Waals surface area contributed by atoms with Crippen LogP contribution in [0.15, 0.2) is 29.6 Å². The van der Waals surface area contributed by atoms with Gasteiger partial charge in [0.25, 0.3) is 0 Å². The summed E-state index contributed by atoms with van der Waals surface area (Å²) in [7, 11) is 0. The van der Waals surface area contributed by atoms with E-state index in [1.54, 1.807) is 11.3 Å². The van der Waals surface area contributed by atoms with Crippen LogP contribution in [0.3, 0.4) is 0 Å². The molecule has 140 valence electrons. The second-order valence-electron chi connectivity index (χ2n) is 6.97. The number of benzene rings is 1. The summed E-state index contributed by atoms with van der Waals surface area (Å²) >= 11 is 1.58. The molecule has 26 heavy (non-hydrogen) atoms. The summed E-state index contributed by atoms with van der Waals surface area (Å²) in [6.45, 7) is 4.89. The summed E-state index contributed by atoms with van der Waals surface area (Å²) in [6, 6.07) is 8.28. The number of thiazole rings is 1. The number of hydrogen-bond acceptors (Lipinski definition) is 4. The van der Waals surface area contributed by atoms with Crippen molar-refractivity contribution in [2.24, 2.45) is 5.92 Å². The number of carbonyl (C=O) groups excluding carboxylic acids is 1. The number of nitrogens with one attached hydrogen (secondary N) is 1. The van der Waals surface area contributed by atoms with Crippen LogP contribution in [-0.4, -0.2) is 23.5 Å². The Morgan fingerprint density at radius 1 is 1.19 bits per heavy atom. The molecule has 1 N–H and O–H groups in total. The number of amides is 1. The van der Waals surface area contributed by atoms with E-state index in [0.29, 0.717) is 19.1 Å². The highest BCUT2D eigenvalue weighted by atomic mass is 32.1. The Kier molecular flexibility index (Phi) is 6.67. The predicted molar refractivity (Wildman–Crippen MR) is 107 cm³/mol. The molecular weight excluding hydrogens is 344 g/mol. The largest absolute Gasteiger partial charge is 0.494 e. The third-order valence-corrected chi connectivity index (χ3v) is 6.04. The topological polar surface area (TPSA) is 51.2 Å². The van der Waals surface area contributed by atoms with Crippen molar-refractivity contribution in [1.82, 2.24) is 10.3 Å². The van der Waals surface area contributed by atoms with Crippen molar-refractivity contribution in [3.63, 3.8) is 0 Å². The predicted octanol–water partition coefficient (Wildman–Crippen LogP) is 4.84. The Morgan fingerprint density at radius 3 is 2.58 bits per heavy atom. The van der Waals surface area contributed by atoms with Crippen molar-refractivity contribution < 1.29 is 9.53 Å². The highest BCUT2D eigenvalue weighted by Crippen LogP contribution is 2.27. The Bertz CT molecular complexity index is 703. The highest BCUT2D eigenvalue weighted by Gasteiger charge is 2.21. The van der Waals surface area contributed by atoms with Crippen LogP contribution < -0.4 is 10.1 Å². The van der Waals surface area contributed by atoms with Crippen LogP contribution in [0.25, 0.3) is 10.6 Å². The summed E-state index contributed by atoms with van der Waals surface area (Å²) in [6.07, 6.45) is 6.31. The van der Waals surface area contributed by atoms with Crippen LogP contribution in [0.2, 0.25) is 0 Å². The van der Waals surface area contributed by atoms with Gasteiger partial charge in [-0.3, -0.25) is 4.79 Å². The maximum atomic E-state index is 12.3. The lowest BCUT2D eigenvalue weighted by Gasteiger charge is -2.28. The van der Waals surface area contributed by atoms with Crippen molar-refractivity contribution >= 4 is 17.2 Å². The first kappa shape index (κ1) is 18.9. The van der Waals surface area contributed by atoms with Gasteiger partial charge in [0.2, 0.25) is 5.91 Å². The van der Waals surface area contributed by atoms with Crippen LogP contribution in [0.1, 0.15) is 51.6 Å². The van der Waals surface area contributed by atoms with Crippen LogP contribution in [0, 0.1) is 5.92 Å². The third-order valence-electron chi connectivity index (χ3n) is 5.09. The molecule has 1 amide bonds. The smallest absolute Gasteiger partial charge is 0.226 e. The molecule has 0 radical (unpaired) electrons. The zero-order chi connectivity index (χ0) is 18.4. The maximum Gasteiger partial charge on any atom is 0.226 e. The van der Waals surface area contributed by atoms with Crippen molar-refractivity contribution in [1.29, 1.82) is 0 Å². The molecular formula is C21H28N2O2S. The molecule has 2 aromatic rings. The second-order valence-corrected chi connectivity index (χ2v) is 7.83. The number of aromatic nitrogens is 1. The fourth-order valence-electron chi connectivity index (χ4n) is 3.54. The molecule has 1 aromatic carbocycles. The van der Waals surface area contributed by atoms with Crippen molar-refractivity contribution in [2.75, 3.05) is 6.61 Å². The van der Waals surface area contributed by atoms with Crippen molar-refractivity contribution in [2.45, 2.75) is 58.4 Å². The highest BCUT2D eigenvalue weighted by molar-refractivity contribution is 7.13. The SMILES string of the molecule is CCOc1ccc(-c2nc(CC(=O)NC3CCC(CC)CC3)cs2)cc1. The minimum Gasteiger partial charge on any atom is -0.494 e. The molecule has 0 unspecified atom stereocenters. The van der Waals surface area contributed by atoms with Gasteiger partial charge in [0.1, 0.15) is 10.8 Å². The van der Waals surface area contributed by atoms with Crippen LogP contribution in [-0.2, 0) is 11.2 Å². The van der Waals surface area contributed by atoms with Gasteiger partial charge in [0.05, 0.1) is 18.7 Å². The van der Waals surface area contributed by atoms with Gasteiger partial charge in [-0.1, -0.05) is 13.3 Å². The molecule has 1 saturated carbocycles. The van der Waals surface area contributed by atoms with E-state index in [2.05, 4.69) is 17.2 Å². The van der Waals surface area contributed by atoms with Gasteiger partial charge < -0.3 is 10.1 Å². The molecule has 1 aliphatic carbocycles. The first-order chi connectivity index (χ1) is 12.7. The van der Waals surface area contributed by atoms with E-state index in [9.17, 15) is 4.79 Å². The molecule has 3 rings (SSSR count). The van der Waals surface area contributed by atoms with Crippen LogP contribution in [0.5, 0.6) is 5.75 Å². The van der Waals surface area contributed by atoms with Gasteiger partial charge in [0.15, 0.2) is 0 Å². The summed E-state index contributed by atoms with van der Waals surface area (Å²) in [4.78, 5) is 17.0. The van der Waals surface area contributed by atoms with Gasteiger partial charge in [-0.2, -0.15) is 0 Å². The van der Waals surface area contributed by atoms with Gasteiger partial charge in [-0.25, -0.2) is 4.98 Å². The normalized spacial score (nSPS) is 19.9. The molecule has 1 aromatic heterocycles. The molecule has 1 fully saturated rings. The number of rotatable bonds is 7. The Balaban J connectivity index is 1.52. The number of ether oxygens (including phenoxy) is 1. The van der Waals surface area contributed by atoms with Crippen molar-refractivity contribution in [3.8, 4) is 16.3 Å². The monoisotopic (exact) mass is 372 g/mol. The summed E-state index contributed by atoms with van der Waals surface area (Å²) in [5.74, 6) is 1.80. The maximum absolute atomic E-state index is 12.3. The molecule has 0 aliphatic heterocycles. The fourth-order valence-corrected chi connectivity index (χ4v) is 4.37. The quantitative estimate of drug-likeness (QED) is 0.757. The van der Waals surface area contributed by atoms with E-state index in [-0.39, 0.29) is 5.91 Å². The lowest BCUT2D eigenvalue weighted by Crippen LogP contribution is -2.38. The average Bonchev–Trinajstić information content (AvgIpc) is 3.11. The van der Waals surface area contributed by atoms with Crippen molar-refractivity contribution in [3.05, 3.63) is 35.3 Å². The van der Waals surface area contributed by atoms with E-state index in [0.717, 1.165) is 40.8 Å². The van der Waals surface area contributed by atoms with E-state index < -0.39 is 0 Å². The molecule has 1 heterocycles. The van der Waals surface area contributed by atoms with Crippen LogP contribution in [0.4, 0.5) is 0 Å². The zero-order valence-electron chi connectivity index (χ0n) is 15.7. The summed E-state index contributed by atoms with van der Waals surface area (Å²) < 4.78 is 5.47. The Hall–Kier alpha value is -1.88. The molecule has 0 atom stereocenters. The molecule has 5 heteroatoms. The molecule has 4 nitrogen and oxygen atoms in total. The summed E-state index contributed by atoms with van der Waals surface area (Å²) in [5.41, 5.74) is 1.90. The molecule has 0 bridgehead atoms. The van der Waals surface area contributed by atoms with E-state index in [1.165, 1.54) is 19.3 Å². The lowest BCUT2D eigenvalue weighted by atomic mass is 9.84. The molecule has 0 saturated heterocycles. The van der Waals surface area contributed by atoms with Gasteiger partial charge >= 0.3 is 0 Å². The number of carbonyl (C=O) groups is 1. The lowest BCUT2D eigenvalue weighted by molar-refractivity contribution is -0.121. The van der Waals surface area contributed by atoms with Crippen LogP contribution >= 0.6 is 11.3 Å². The number of hydrogen-bond donors (Lipinski definition) is 1. The van der Waals surface area contributed by atoms with E-state index >= 15 is 0 Å². The fraction of sp³-hybridized carbons (Fsp3) is 0.524. The van der Waals surface area contributed by atoms with E-state index in [4.69, 9.17) is 4.74 Å². The minimum absolute atomic E-state index is 0.0912. The summed E-state index contributed by atoms with van der Waals surface area (Å²) in [5, 5.41) is 6.12. The second kappa shape index (κ2) is 9.17. The number of nitrogens with zero attached hydrogens (tertiary/aromatic N) is 1. The van der Waals surface area contributed by atoms with E-state index in [1.807, 2.05) is 36.6 Å². The molecule has 0 spiro atoms. The minimum atomic E-state index is 0.0912. The Morgan fingerprint density at radius 2 is 1.92 bits per heavy atom. The standard InChI is InChI=1S/C21H28N2O2S/c1-3-15-5-9-17(10-6-15)22-20(24)13-18-14-26-21(23-18)16-7-11-19(12-8-16)25-4-2/h7-8,11-12,14-15,17H,3-6,9-10,13H2,1-2H3,(H,22,24). The first-order valence-electron chi connectivity index (χ1n) is 9.65. The van der Waals surface area contributed by atoms with Gasteiger partial charge in [-0.15, -0.1) is 11.3 Å².